The summed E-state index contributed by atoms with van der Waals surface area (Å²) in [6.45, 7) is 2.11. The maximum absolute atomic E-state index is 10.1. The van der Waals surface area contributed by atoms with Crippen LogP contribution >= 0.6 is 7.82 Å². The van der Waals surface area contributed by atoms with E-state index in [1.807, 2.05) is 0 Å². The maximum Gasteiger partial charge on any atom is 0.469 e. The van der Waals surface area contributed by atoms with E-state index in [9.17, 15) is 4.57 Å². The molecule has 0 bridgehead atoms. The van der Waals surface area contributed by atoms with Crippen molar-refractivity contribution in [3.63, 3.8) is 0 Å². The Morgan fingerprint density at radius 1 is 1.70 bits per heavy atom. The van der Waals surface area contributed by atoms with Crippen molar-refractivity contribution < 1.29 is 18.9 Å². The van der Waals surface area contributed by atoms with Gasteiger partial charge in [0.1, 0.15) is 0 Å². The second kappa shape index (κ2) is 4.05. The first-order valence-corrected chi connectivity index (χ1v) is 4.39. The fourth-order valence-corrected chi connectivity index (χ4v) is 0.741. The lowest BCUT2D eigenvalue weighted by Gasteiger charge is -2.08. The van der Waals surface area contributed by atoms with Gasteiger partial charge in [0.25, 0.3) is 0 Å². The van der Waals surface area contributed by atoms with Gasteiger partial charge < -0.3 is 15.5 Å². The van der Waals surface area contributed by atoms with Crippen LogP contribution in [0.1, 0.15) is 6.92 Å². The quantitative estimate of drug-likeness (QED) is 0.502. The average Bonchev–Trinajstić information content (AvgIpc) is 1.81. The molecular weight excluding hydrogens is 157 g/mol. The molecule has 4 N–H and O–H groups in total. The van der Waals surface area contributed by atoms with Gasteiger partial charge in [0.15, 0.2) is 0 Å². The molecule has 0 aliphatic heterocycles. The summed E-state index contributed by atoms with van der Waals surface area (Å²) in [6, 6.07) is 0. The Labute approximate surface area is 59.4 Å². The van der Waals surface area contributed by atoms with Gasteiger partial charge >= 0.3 is 7.82 Å². The average molecular weight is 169 g/mol. The van der Waals surface area contributed by atoms with Crippen molar-refractivity contribution in [2.75, 3.05) is 13.2 Å². The second-order valence-corrected chi connectivity index (χ2v) is 3.37. The number of nitrogens with two attached hydrogens (primary N) is 1. The Morgan fingerprint density at radius 3 is 2.50 bits per heavy atom. The first-order valence-electron chi connectivity index (χ1n) is 2.86. The SMILES string of the molecule is CC(CN)COP(=O)(O)O. The summed E-state index contributed by atoms with van der Waals surface area (Å²) in [5, 5.41) is 0. The number of phosphoric ester groups is 1. The molecule has 0 aromatic rings. The van der Waals surface area contributed by atoms with Crippen LogP contribution in [-0.4, -0.2) is 22.9 Å². The summed E-state index contributed by atoms with van der Waals surface area (Å²) in [5.41, 5.74) is 5.17. The minimum absolute atomic E-state index is 0.000772. The van der Waals surface area contributed by atoms with Gasteiger partial charge in [-0.15, -0.1) is 0 Å². The molecule has 0 aliphatic rings. The summed E-state index contributed by atoms with van der Waals surface area (Å²) >= 11 is 0. The van der Waals surface area contributed by atoms with Gasteiger partial charge in [0, 0.05) is 0 Å². The third kappa shape index (κ3) is 6.19. The molecule has 0 radical (unpaired) electrons. The van der Waals surface area contributed by atoms with Crippen molar-refractivity contribution in [2.24, 2.45) is 11.7 Å². The number of phosphoric acid groups is 1. The molecule has 5 nitrogen and oxygen atoms in total. The van der Waals surface area contributed by atoms with Crippen molar-refractivity contribution in [1.82, 2.24) is 0 Å². The van der Waals surface area contributed by atoms with Crippen molar-refractivity contribution in [1.29, 1.82) is 0 Å². The van der Waals surface area contributed by atoms with Crippen LogP contribution in [0, 0.1) is 5.92 Å². The van der Waals surface area contributed by atoms with Gasteiger partial charge in [-0.05, 0) is 12.5 Å². The van der Waals surface area contributed by atoms with E-state index in [-0.39, 0.29) is 12.5 Å². The van der Waals surface area contributed by atoms with Crippen LogP contribution in [0.25, 0.3) is 0 Å². The van der Waals surface area contributed by atoms with E-state index in [0.717, 1.165) is 0 Å². The first kappa shape index (κ1) is 10.1. The monoisotopic (exact) mass is 169 g/mol. The molecule has 0 saturated heterocycles. The Kier molecular flexibility index (Phi) is 4.08. The highest BCUT2D eigenvalue weighted by atomic mass is 31.2. The van der Waals surface area contributed by atoms with Crippen LogP contribution in [-0.2, 0) is 9.09 Å². The zero-order valence-electron chi connectivity index (χ0n) is 5.73. The molecule has 6 heteroatoms. The van der Waals surface area contributed by atoms with Gasteiger partial charge in [-0.25, -0.2) is 4.57 Å². The van der Waals surface area contributed by atoms with E-state index in [2.05, 4.69) is 4.52 Å². The van der Waals surface area contributed by atoms with E-state index < -0.39 is 7.82 Å². The fraction of sp³-hybridized carbons (Fsp3) is 1.00. The highest BCUT2D eigenvalue weighted by Gasteiger charge is 2.14. The molecule has 0 saturated carbocycles. The molecule has 0 rings (SSSR count). The summed E-state index contributed by atoms with van der Waals surface area (Å²) in [7, 11) is -4.29. The van der Waals surface area contributed by atoms with E-state index in [1.54, 1.807) is 6.92 Å². The Bertz CT molecular complexity index is 133. The van der Waals surface area contributed by atoms with E-state index in [0.29, 0.717) is 6.54 Å². The molecule has 0 aromatic carbocycles. The predicted molar refractivity (Wildman–Crippen MR) is 36.2 cm³/mol. The number of hydrogen-bond donors (Lipinski definition) is 3. The number of rotatable bonds is 4. The predicted octanol–water partition coefficient (Wildman–Crippen LogP) is -0.309. The molecule has 10 heavy (non-hydrogen) atoms. The molecule has 1 atom stereocenters. The van der Waals surface area contributed by atoms with Crippen molar-refractivity contribution in [3.8, 4) is 0 Å². The fourth-order valence-electron chi connectivity index (χ4n) is 0.292. The smallest absolute Gasteiger partial charge is 0.330 e. The van der Waals surface area contributed by atoms with Gasteiger partial charge in [-0.2, -0.15) is 0 Å². The largest absolute Gasteiger partial charge is 0.469 e. The maximum atomic E-state index is 10.1. The van der Waals surface area contributed by atoms with E-state index in [4.69, 9.17) is 15.5 Å². The second-order valence-electron chi connectivity index (χ2n) is 2.13. The molecular formula is C4H12NO4P. The molecule has 0 fully saturated rings. The van der Waals surface area contributed by atoms with Gasteiger partial charge in [-0.1, -0.05) is 6.92 Å². The van der Waals surface area contributed by atoms with E-state index in [1.165, 1.54) is 0 Å². The molecule has 0 amide bonds. The normalized spacial score (nSPS) is 15.2. The first-order chi connectivity index (χ1) is 4.45. The minimum Gasteiger partial charge on any atom is -0.330 e. The van der Waals surface area contributed by atoms with Crippen LogP contribution < -0.4 is 5.73 Å². The Hall–Kier alpha value is 0.0700. The standard InChI is InChI=1S/C4H12NO4P/c1-4(2-5)3-9-10(6,7)8/h4H,2-3,5H2,1H3,(H2,6,7,8). The van der Waals surface area contributed by atoms with Gasteiger partial charge in [-0.3, -0.25) is 4.52 Å². The summed E-state index contributed by atoms with van der Waals surface area (Å²) in [4.78, 5) is 16.4. The van der Waals surface area contributed by atoms with Crippen LogP contribution in [0.5, 0.6) is 0 Å². The zero-order chi connectivity index (χ0) is 8.20. The molecule has 0 heterocycles. The number of hydrogen-bond acceptors (Lipinski definition) is 3. The highest BCUT2D eigenvalue weighted by molar-refractivity contribution is 7.46. The topological polar surface area (TPSA) is 92.8 Å². The lowest BCUT2D eigenvalue weighted by Crippen LogP contribution is -2.15. The van der Waals surface area contributed by atoms with Crippen molar-refractivity contribution in [2.45, 2.75) is 6.92 Å². The molecule has 0 aromatic heterocycles. The highest BCUT2D eigenvalue weighted by Crippen LogP contribution is 2.35. The van der Waals surface area contributed by atoms with E-state index >= 15 is 0 Å². The Morgan fingerprint density at radius 2 is 2.20 bits per heavy atom. The zero-order valence-corrected chi connectivity index (χ0v) is 6.62. The lowest BCUT2D eigenvalue weighted by atomic mass is 10.2. The van der Waals surface area contributed by atoms with Crippen LogP contribution in [0.2, 0.25) is 0 Å². The molecule has 0 spiro atoms. The minimum atomic E-state index is -4.29. The van der Waals surface area contributed by atoms with Crippen molar-refractivity contribution in [3.05, 3.63) is 0 Å². The summed E-state index contributed by atoms with van der Waals surface area (Å²) in [6.07, 6.45) is 0. The van der Waals surface area contributed by atoms with Crippen molar-refractivity contribution >= 4 is 7.82 Å². The Balaban J connectivity index is 3.46. The molecule has 0 aliphatic carbocycles. The van der Waals surface area contributed by atoms with Crippen LogP contribution in [0.15, 0.2) is 0 Å². The molecule has 62 valence electrons. The lowest BCUT2D eigenvalue weighted by molar-refractivity contribution is 0.174. The summed E-state index contributed by atoms with van der Waals surface area (Å²) < 4.78 is 14.3. The molecule has 1 unspecified atom stereocenters. The summed E-state index contributed by atoms with van der Waals surface area (Å²) in [5.74, 6) is -0.0207. The van der Waals surface area contributed by atoms with Crippen LogP contribution in [0.3, 0.4) is 0 Å². The van der Waals surface area contributed by atoms with Gasteiger partial charge in [0.05, 0.1) is 6.61 Å². The van der Waals surface area contributed by atoms with Crippen LogP contribution in [0.4, 0.5) is 0 Å². The third-order valence-electron chi connectivity index (χ3n) is 0.930. The van der Waals surface area contributed by atoms with Gasteiger partial charge in [0.2, 0.25) is 0 Å². The third-order valence-corrected chi connectivity index (χ3v) is 1.42.